The largest absolute Gasteiger partial charge is 0.384 e. The van der Waals surface area contributed by atoms with Crippen LogP contribution in [0, 0.1) is 6.92 Å². The van der Waals surface area contributed by atoms with E-state index in [1.807, 2.05) is 31.2 Å². The van der Waals surface area contributed by atoms with Gasteiger partial charge in [0.05, 0.1) is 5.52 Å². The van der Waals surface area contributed by atoms with Gasteiger partial charge < -0.3 is 15.7 Å². The molecule has 5 aromatic rings. The average molecular weight is 365 g/mol. The summed E-state index contributed by atoms with van der Waals surface area (Å²) in [5, 5.41) is 1.14. The summed E-state index contributed by atoms with van der Waals surface area (Å²) in [6.07, 6.45) is 4.25. The van der Waals surface area contributed by atoms with Crippen LogP contribution in [0.25, 0.3) is 45.5 Å². The fraction of sp³-hybridized carbons (Fsp3) is 0.0435. The molecule has 0 aliphatic rings. The van der Waals surface area contributed by atoms with Gasteiger partial charge in [0.1, 0.15) is 11.6 Å². The Morgan fingerprint density at radius 3 is 2.54 bits per heavy atom. The predicted octanol–water partition coefficient (Wildman–Crippen LogP) is 5.17. The normalized spacial score (nSPS) is 11.8. The lowest BCUT2D eigenvalue weighted by Gasteiger charge is -2.01. The van der Waals surface area contributed by atoms with Crippen molar-refractivity contribution < 1.29 is 0 Å². The second kappa shape index (κ2) is 6.39. The maximum atomic E-state index is 6.00. The van der Waals surface area contributed by atoms with Crippen molar-refractivity contribution in [3.05, 3.63) is 77.6 Å². The van der Waals surface area contributed by atoms with Crippen molar-refractivity contribution in [1.29, 1.82) is 0 Å². The average Bonchev–Trinajstić information content (AvgIpc) is 3.28. The summed E-state index contributed by atoms with van der Waals surface area (Å²) < 4.78 is 0. The van der Waals surface area contributed by atoms with Crippen molar-refractivity contribution in [3.8, 4) is 11.3 Å². The minimum absolute atomic E-state index is 0.458. The standard InChI is InChI=1S/C23H19N5/c1-14-25-22-18(13-21(24)28-23(22)26-14)20-12-17-11-16(9-10-19(17)27-20)8-7-15-5-3-2-4-6-15/h2-13,27H,1H3,(H3,24,25,26,28). The van der Waals surface area contributed by atoms with Gasteiger partial charge in [0, 0.05) is 22.2 Å². The Labute approximate surface area is 162 Å². The number of hydrogen-bond acceptors (Lipinski definition) is 3. The molecular formula is C23H19N5. The highest BCUT2D eigenvalue weighted by atomic mass is 15.0. The van der Waals surface area contributed by atoms with Crippen LogP contribution in [0.1, 0.15) is 17.0 Å². The van der Waals surface area contributed by atoms with Crippen molar-refractivity contribution in [2.75, 3.05) is 5.73 Å². The number of imidazole rings is 1. The van der Waals surface area contributed by atoms with E-state index in [9.17, 15) is 0 Å². The number of pyridine rings is 1. The number of aromatic nitrogens is 4. The van der Waals surface area contributed by atoms with Gasteiger partial charge in [-0.3, -0.25) is 0 Å². The van der Waals surface area contributed by atoms with Gasteiger partial charge in [0.15, 0.2) is 5.65 Å². The summed E-state index contributed by atoms with van der Waals surface area (Å²) >= 11 is 0. The molecule has 5 heteroatoms. The molecule has 136 valence electrons. The van der Waals surface area contributed by atoms with E-state index in [0.29, 0.717) is 11.5 Å². The Hall–Kier alpha value is -3.86. The first-order valence-electron chi connectivity index (χ1n) is 9.15. The van der Waals surface area contributed by atoms with Crippen LogP contribution < -0.4 is 5.73 Å². The Morgan fingerprint density at radius 1 is 0.857 bits per heavy atom. The molecule has 0 unspecified atom stereocenters. The number of nitrogens with one attached hydrogen (secondary N) is 2. The number of aromatic amines is 2. The minimum atomic E-state index is 0.458. The van der Waals surface area contributed by atoms with Gasteiger partial charge >= 0.3 is 0 Å². The summed E-state index contributed by atoms with van der Waals surface area (Å²) in [4.78, 5) is 15.5. The number of hydrogen-bond donors (Lipinski definition) is 3. The van der Waals surface area contributed by atoms with E-state index in [2.05, 4.69) is 68.5 Å². The number of nitrogen functional groups attached to an aromatic ring is 1. The molecule has 2 aromatic carbocycles. The maximum Gasteiger partial charge on any atom is 0.180 e. The van der Waals surface area contributed by atoms with E-state index < -0.39 is 0 Å². The van der Waals surface area contributed by atoms with Crippen molar-refractivity contribution in [2.24, 2.45) is 0 Å². The van der Waals surface area contributed by atoms with Crippen LogP contribution in [0.3, 0.4) is 0 Å². The second-order valence-electron chi connectivity index (χ2n) is 6.89. The summed E-state index contributed by atoms with van der Waals surface area (Å²) in [7, 11) is 0. The third-order valence-electron chi connectivity index (χ3n) is 4.80. The Bertz CT molecular complexity index is 1330. The molecule has 0 radical (unpaired) electrons. The number of rotatable bonds is 3. The molecule has 0 atom stereocenters. The van der Waals surface area contributed by atoms with E-state index in [1.54, 1.807) is 0 Å². The molecule has 5 nitrogen and oxygen atoms in total. The molecule has 28 heavy (non-hydrogen) atoms. The van der Waals surface area contributed by atoms with Crippen molar-refractivity contribution in [1.82, 2.24) is 19.9 Å². The molecule has 0 saturated carbocycles. The Kier molecular flexibility index (Phi) is 3.72. The summed E-state index contributed by atoms with van der Waals surface area (Å²) in [5.74, 6) is 1.28. The van der Waals surface area contributed by atoms with Crippen LogP contribution in [-0.2, 0) is 0 Å². The number of fused-ring (bicyclic) bond motifs is 2. The lowest BCUT2D eigenvalue weighted by molar-refractivity contribution is 1.16. The van der Waals surface area contributed by atoms with Crippen LogP contribution in [0.2, 0.25) is 0 Å². The number of nitrogens with two attached hydrogens (primary N) is 1. The first-order chi connectivity index (χ1) is 13.7. The smallest absolute Gasteiger partial charge is 0.180 e. The van der Waals surface area contributed by atoms with Crippen LogP contribution in [0.15, 0.2) is 60.7 Å². The van der Waals surface area contributed by atoms with Gasteiger partial charge in [-0.2, -0.15) is 0 Å². The van der Waals surface area contributed by atoms with E-state index in [0.717, 1.165) is 39.1 Å². The van der Waals surface area contributed by atoms with Crippen LogP contribution in [-0.4, -0.2) is 19.9 Å². The molecular weight excluding hydrogens is 346 g/mol. The first kappa shape index (κ1) is 16.3. The van der Waals surface area contributed by atoms with Gasteiger partial charge in [-0.15, -0.1) is 0 Å². The minimum Gasteiger partial charge on any atom is -0.384 e. The van der Waals surface area contributed by atoms with Crippen molar-refractivity contribution >= 4 is 40.0 Å². The zero-order chi connectivity index (χ0) is 19.1. The fourth-order valence-electron chi connectivity index (χ4n) is 3.49. The molecule has 0 spiro atoms. The van der Waals surface area contributed by atoms with Gasteiger partial charge in [-0.25, -0.2) is 9.97 Å². The Balaban J connectivity index is 1.57. The van der Waals surface area contributed by atoms with Crippen LogP contribution >= 0.6 is 0 Å². The summed E-state index contributed by atoms with van der Waals surface area (Å²) in [5.41, 5.74) is 12.9. The third kappa shape index (κ3) is 2.93. The lowest BCUT2D eigenvalue weighted by atomic mass is 10.1. The predicted molar refractivity (Wildman–Crippen MR) is 116 cm³/mol. The SMILES string of the molecule is Cc1nc2nc(N)cc(-c3cc4cc(C=Cc5ccccc5)ccc4[nH]3)c2[nH]1. The molecule has 0 fully saturated rings. The molecule has 0 amide bonds. The number of benzene rings is 2. The van der Waals surface area contributed by atoms with Gasteiger partial charge in [0.2, 0.25) is 0 Å². The first-order valence-corrected chi connectivity index (χ1v) is 9.15. The van der Waals surface area contributed by atoms with Crippen LogP contribution in [0.5, 0.6) is 0 Å². The molecule has 3 heterocycles. The highest BCUT2D eigenvalue weighted by Crippen LogP contribution is 2.30. The van der Waals surface area contributed by atoms with Crippen molar-refractivity contribution in [3.63, 3.8) is 0 Å². The molecule has 0 bridgehead atoms. The van der Waals surface area contributed by atoms with E-state index in [-0.39, 0.29) is 0 Å². The topological polar surface area (TPSA) is 83.4 Å². The summed E-state index contributed by atoms with van der Waals surface area (Å²) in [6.45, 7) is 1.91. The Morgan fingerprint density at radius 2 is 1.68 bits per heavy atom. The zero-order valence-corrected chi connectivity index (χ0v) is 15.4. The highest BCUT2D eigenvalue weighted by Gasteiger charge is 2.12. The highest BCUT2D eigenvalue weighted by molar-refractivity contribution is 5.95. The van der Waals surface area contributed by atoms with E-state index in [1.165, 1.54) is 5.56 Å². The number of nitrogens with zero attached hydrogens (tertiary/aromatic N) is 2. The van der Waals surface area contributed by atoms with Gasteiger partial charge in [-0.1, -0.05) is 48.6 Å². The third-order valence-corrected chi connectivity index (χ3v) is 4.80. The molecule has 4 N–H and O–H groups in total. The molecule has 0 aliphatic heterocycles. The van der Waals surface area contributed by atoms with Gasteiger partial charge in [-0.05, 0) is 42.3 Å². The molecule has 3 aromatic heterocycles. The molecule has 0 saturated heterocycles. The van der Waals surface area contributed by atoms with Crippen LogP contribution in [0.4, 0.5) is 5.82 Å². The maximum absolute atomic E-state index is 6.00. The number of anilines is 1. The number of H-pyrrole nitrogens is 2. The monoisotopic (exact) mass is 365 g/mol. The lowest BCUT2D eigenvalue weighted by Crippen LogP contribution is -1.92. The molecule has 5 rings (SSSR count). The molecule has 0 aliphatic carbocycles. The summed E-state index contributed by atoms with van der Waals surface area (Å²) in [6, 6.07) is 20.7. The van der Waals surface area contributed by atoms with E-state index in [4.69, 9.17) is 5.73 Å². The van der Waals surface area contributed by atoms with Gasteiger partial charge in [0.25, 0.3) is 0 Å². The van der Waals surface area contributed by atoms with Crippen molar-refractivity contribution in [2.45, 2.75) is 6.92 Å². The number of aryl methyl sites for hydroxylation is 1. The zero-order valence-electron chi connectivity index (χ0n) is 15.4. The fourth-order valence-corrected chi connectivity index (χ4v) is 3.49. The van der Waals surface area contributed by atoms with E-state index >= 15 is 0 Å². The second-order valence-corrected chi connectivity index (χ2v) is 6.89. The quantitative estimate of drug-likeness (QED) is 0.386.